The number of halogens is 3. The molecule has 2 fully saturated rings. The Morgan fingerprint density at radius 3 is 2.31 bits per heavy atom. The number of carbonyl (C=O) groups is 3. The number of carbonyl (C=O) groups excluding carboxylic acids is 3. The summed E-state index contributed by atoms with van der Waals surface area (Å²) in [4.78, 5) is 45.2. The first-order valence-electron chi connectivity index (χ1n) is 12.6. The number of rotatable bonds is 6. The molecule has 0 radical (unpaired) electrons. The van der Waals surface area contributed by atoms with Crippen LogP contribution < -0.4 is 10.2 Å². The van der Waals surface area contributed by atoms with Crippen LogP contribution in [0.5, 0.6) is 0 Å². The molecule has 1 spiro atoms. The van der Waals surface area contributed by atoms with Gasteiger partial charge in [0.1, 0.15) is 17.9 Å². The molecular weight excluding hydrogens is 542 g/mol. The van der Waals surface area contributed by atoms with Crippen LogP contribution in [0.4, 0.5) is 10.1 Å². The van der Waals surface area contributed by atoms with E-state index in [1.165, 1.54) is 12.1 Å². The Morgan fingerprint density at radius 1 is 0.949 bits per heavy atom. The molecule has 0 atom stereocenters. The zero-order chi connectivity index (χ0) is 27.6. The fourth-order valence-corrected chi connectivity index (χ4v) is 5.76. The smallest absolute Gasteiger partial charge is 0.255 e. The molecular formula is C29H27Cl2FN4O3. The summed E-state index contributed by atoms with van der Waals surface area (Å²) < 4.78 is 13.2. The third-order valence-electron chi connectivity index (χ3n) is 7.36. The lowest BCUT2D eigenvalue weighted by Crippen LogP contribution is -2.57. The molecule has 2 aliphatic rings. The van der Waals surface area contributed by atoms with E-state index in [4.69, 9.17) is 23.2 Å². The normalized spacial score (nSPS) is 16.6. The average molecular weight is 569 g/mol. The Labute approximate surface area is 236 Å². The number of anilines is 1. The Morgan fingerprint density at radius 2 is 1.64 bits per heavy atom. The molecule has 202 valence electrons. The quantitative estimate of drug-likeness (QED) is 0.466. The third-order valence-corrected chi connectivity index (χ3v) is 7.91. The average Bonchev–Trinajstić information content (AvgIpc) is 3.19. The SMILES string of the molecule is O=C(CN1CN(c2ccccc2)C2(CCN(C(=O)c3ccc(Cl)cc3Cl)CC2)C1=O)NCc1ccc(F)cc1. The number of likely N-dealkylation sites (tertiary alicyclic amines) is 1. The van der Waals surface area contributed by atoms with E-state index in [1.807, 2.05) is 35.2 Å². The van der Waals surface area contributed by atoms with Crippen molar-refractivity contribution in [3.05, 3.63) is 99.8 Å². The first-order chi connectivity index (χ1) is 18.8. The van der Waals surface area contributed by atoms with Crippen LogP contribution in [0.1, 0.15) is 28.8 Å². The molecule has 2 heterocycles. The third kappa shape index (κ3) is 5.58. The number of para-hydroxylation sites is 1. The Balaban J connectivity index is 1.30. The van der Waals surface area contributed by atoms with E-state index in [-0.39, 0.29) is 48.3 Å². The highest BCUT2D eigenvalue weighted by Crippen LogP contribution is 2.40. The number of piperidine rings is 1. The van der Waals surface area contributed by atoms with E-state index in [2.05, 4.69) is 5.32 Å². The Kier molecular flexibility index (Phi) is 7.77. The fraction of sp³-hybridized carbons (Fsp3) is 0.276. The van der Waals surface area contributed by atoms with Gasteiger partial charge in [0, 0.05) is 30.3 Å². The maximum absolute atomic E-state index is 13.9. The molecule has 3 aromatic carbocycles. The van der Waals surface area contributed by atoms with Gasteiger partial charge in [-0.3, -0.25) is 14.4 Å². The van der Waals surface area contributed by atoms with Gasteiger partial charge in [0.15, 0.2) is 0 Å². The topological polar surface area (TPSA) is 73.0 Å². The summed E-state index contributed by atoms with van der Waals surface area (Å²) >= 11 is 12.3. The first kappa shape index (κ1) is 27.0. The summed E-state index contributed by atoms with van der Waals surface area (Å²) in [5.74, 6) is -0.994. The number of hydrogen-bond donors (Lipinski definition) is 1. The van der Waals surface area contributed by atoms with Crippen LogP contribution >= 0.6 is 23.2 Å². The van der Waals surface area contributed by atoms with Crippen molar-refractivity contribution in [2.75, 3.05) is 31.2 Å². The van der Waals surface area contributed by atoms with Gasteiger partial charge in [0.25, 0.3) is 11.8 Å². The highest BCUT2D eigenvalue weighted by Gasteiger charge is 2.54. The second kappa shape index (κ2) is 11.2. The molecule has 7 nitrogen and oxygen atoms in total. The molecule has 0 saturated carbocycles. The molecule has 0 aliphatic carbocycles. The Bertz CT molecular complexity index is 1380. The largest absolute Gasteiger partial charge is 0.350 e. The van der Waals surface area contributed by atoms with Gasteiger partial charge in [-0.05, 0) is 60.9 Å². The molecule has 39 heavy (non-hydrogen) atoms. The van der Waals surface area contributed by atoms with E-state index in [0.29, 0.717) is 36.5 Å². The van der Waals surface area contributed by atoms with Gasteiger partial charge < -0.3 is 20.0 Å². The van der Waals surface area contributed by atoms with Crippen molar-refractivity contribution in [3.8, 4) is 0 Å². The molecule has 0 unspecified atom stereocenters. The summed E-state index contributed by atoms with van der Waals surface area (Å²) in [5.41, 5.74) is 1.13. The van der Waals surface area contributed by atoms with Crippen molar-refractivity contribution >= 4 is 46.6 Å². The minimum atomic E-state index is -0.876. The van der Waals surface area contributed by atoms with Gasteiger partial charge in [-0.25, -0.2) is 4.39 Å². The predicted molar refractivity (Wildman–Crippen MR) is 148 cm³/mol. The predicted octanol–water partition coefficient (Wildman–Crippen LogP) is 4.73. The van der Waals surface area contributed by atoms with E-state index in [1.54, 1.807) is 40.1 Å². The van der Waals surface area contributed by atoms with Gasteiger partial charge in [-0.1, -0.05) is 53.5 Å². The highest BCUT2D eigenvalue weighted by atomic mass is 35.5. The molecule has 1 N–H and O–H groups in total. The minimum absolute atomic E-state index is 0.103. The van der Waals surface area contributed by atoms with Crippen molar-refractivity contribution < 1.29 is 18.8 Å². The first-order valence-corrected chi connectivity index (χ1v) is 13.4. The van der Waals surface area contributed by atoms with Crippen molar-refractivity contribution in [2.24, 2.45) is 0 Å². The van der Waals surface area contributed by atoms with Gasteiger partial charge in [0.05, 0.1) is 17.3 Å². The molecule has 0 aromatic heterocycles. The van der Waals surface area contributed by atoms with Crippen LogP contribution in [0, 0.1) is 5.82 Å². The monoisotopic (exact) mass is 568 g/mol. The number of nitrogens with one attached hydrogen (secondary N) is 1. The van der Waals surface area contributed by atoms with Crippen LogP contribution in [0.25, 0.3) is 0 Å². The van der Waals surface area contributed by atoms with Crippen molar-refractivity contribution in [1.82, 2.24) is 15.1 Å². The van der Waals surface area contributed by atoms with E-state index in [0.717, 1.165) is 11.3 Å². The maximum Gasteiger partial charge on any atom is 0.255 e. The maximum atomic E-state index is 13.9. The van der Waals surface area contributed by atoms with Crippen LogP contribution in [0.15, 0.2) is 72.8 Å². The number of nitrogens with zero attached hydrogens (tertiary/aromatic N) is 3. The highest BCUT2D eigenvalue weighted by molar-refractivity contribution is 6.36. The summed E-state index contributed by atoms with van der Waals surface area (Å²) in [6.07, 6.45) is 0.816. The molecule has 3 aromatic rings. The summed E-state index contributed by atoms with van der Waals surface area (Å²) in [6, 6.07) is 20.3. The van der Waals surface area contributed by atoms with E-state index < -0.39 is 5.54 Å². The lowest BCUT2D eigenvalue weighted by molar-refractivity contribution is -0.137. The van der Waals surface area contributed by atoms with Crippen molar-refractivity contribution in [2.45, 2.75) is 24.9 Å². The van der Waals surface area contributed by atoms with E-state index >= 15 is 0 Å². The lowest BCUT2D eigenvalue weighted by Gasteiger charge is -2.43. The van der Waals surface area contributed by atoms with Gasteiger partial charge in [-0.15, -0.1) is 0 Å². The molecule has 2 saturated heterocycles. The number of hydrogen-bond acceptors (Lipinski definition) is 4. The van der Waals surface area contributed by atoms with Crippen LogP contribution in [-0.4, -0.2) is 59.4 Å². The van der Waals surface area contributed by atoms with Crippen molar-refractivity contribution in [1.29, 1.82) is 0 Å². The fourth-order valence-electron chi connectivity index (χ4n) is 5.27. The molecule has 10 heteroatoms. The van der Waals surface area contributed by atoms with Crippen molar-refractivity contribution in [3.63, 3.8) is 0 Å². The summed E-state index contributed by atoms with van der Waals surface area (Å²) in [6.45, 7) is 1.10. The Hall–Kier alpha value is -3.62. The van der Waals surface area contributed by atoms with Crippen LogP contribution in [0.2, 0.25) is 10.0 Å². The van der Waals surface area contributed by atoms with Crippen LogP contribution in [-0.2, 0) is 16.1 Å². The number of benzene rings is 3. The van der Waals surface area contributed by atoms with E-state index in [9.17, 15) is 18.8 Å². The van der Waals surface area contributed by atoms with Gasteiger partial charge in [0.2, 0.25) is 5.91 Å². The molecule has 5 rings (SSSR count). The second-order valence-corrected chi connectivity index (χ2v) is 10.6. The molecule has 2 aliphatic heterocycles. The lowest BCUT2D eigenvalue weighted by atomic mass is 9.85. The zero-order valence-corrected chi connectivity index (χ0v) is 22.6. The van der Waals surface area contributed by atoms with Gasteiger partial charge in [-0.2, -0.15) is 0 Å². The minimum Gasteiger partial charge on any atom is -0.350 e. The molecule has 0 bridgehead atoms. The zero-order valence-electron chi connectivity index (χ0n) is 21.1. The molecule has 3 amide bonds. The standard InChI is InChI=1S/C29H27Cl2FN4O3/c30-21-8-11-24(25(31)16-21)27(38)34-14-12-29(13-15-34)28(39)35(19-36(29)23-4-2-1-3-5-23)18-26(37)33-17-20-6-9-22(32)10-7-20/h1-11,16H,12-15,17-19H2,(H,33,37). The summed E-state index contributed by atoms with van der Waals surface area (Å²) in [5, 5.41) is 3.55. The summed E-state index contributed by atoms with van der Waals surface area (Å²) in [7, 11) is 0. The second-order valence-electron chi connectivity index (χ2n) is 9.76. The number of amides is 3. The van der Waals surface area contributed by atoms with Gasteiger partial charge >= 0.3 is 0 Å². The van der Waals surface area contributed by atoms with Crippen LogP contribution in [0.3, 0.4) is 0 Å².